The number of pyridine rings is 2. The Balaban J connectivity index is 0.000000226. The molecule has 0 unspecified atom stereocenters. The number of hydrogen-bond acceptors (Lipinski definition) is 3. The maximum absolute atomic E-state index is 8.55. The van der Waals surface area contributed by atoms with E-state index >= 15 is 0 Å². The van der Waals surface area contributed by atoms with Crippen LogP contribution in [0.15, 0.2) is 132 Å². The molecule has 0 spiro atoms. The van der Waals surface area contributed by atoms with Gasteiger partial charge < -0.3 is 14.4 Å². The molecule has 0 fully saturated rings. The zero-order valence-corrected chi connectivity index (χ0v) is 29.7. The van der Waals surface area contributed by atoms with Crippen molar-refractivity contribution in [3.8, 4) is 33.6 Å². The van der Waals surface area contributed by atoms with Gasteiger partial charge in [-0.1, -0.05) is 106 Å². The van der Waals surface area contributed by atoms with Gasteiger partial charge in [0.05, 0.1) is 5.58 Å². The molecule has 0 aliphatic heterocycles. The van der Waals surface area contributed by atoms with Gasteiger partial charge in [-0.25, -0.2) is 0 Å². The Hall–Kier alpha value is -4.89. The summed E-state index contributed by atoms with van der Waals surface area (Å²) >= 11 is 0. The van der Waals surface area contributed by atoms with Crippen molar-refractivity contribution in [2.45, 2.75) is 40.9 Å². The number of aryl methyl sites for hydroxylation is 2. The van der Waals surface area contributed by atoms with Crippen LogP contribution in [0, 0.1) is 31.3 Å². The maximum atomic E-state index is 8.55. The molecule has 4 heteroatoms. The van der Waals surface area contributed by atoms with Crippen LogP contribution in [-0.2, 0) is 26.5 Å². The zero-order valence-electron chi connectivity index (χ0n) is 34.3. The van der Waals surface area contributed by atoms with Gasteiger partial charge in [-0.05, 0) is 75.2 Å². The Kier molecular flexibility index (Phi) is 7.60. The van der Waals surface area contributed by atoms with Crippen molar-refractivity contribution >= 4 is 32.7 Å². The van der Waals surface area contributed by atoms with Gasteiger partial charge in [0.15, 0.2) is 0 Å². The molecule has 0 aliphatic carbocycles. The second kappa shape index (κ2) is 14.3. The van der Waals surface area contributed by atoms with E-state index in [-0.39, 0.29) is 25.7 Å². The van der Waals surface area contributed by atoms with Crippen molar-refractivity contribution in [3.63, 3.8) is 0 Å². The topological polar surface area (TPSA) is 38.9 Å². The molecular weight excluding hydrogens is 777 g/mol. The first-order valence-electron chi connectivity index (χ1n) is 19.4. The van der Waals surface area contributed by atoms with E-state index in [1.807, 2.05) is 69.4 Å². The third-order valence-corrected chi connectivity index (χ3v) is 7.94. The third-order valence-electron chi connectivity index (χ3n) is 7.94. The molecule has 0 atom stereocenters. The Morgan fingerprint density at radius 1 is 0.714 bits per heavy atom. The molecule has 245 valence electrons. The summed E-state index contributed by atoms with van der Waals surface area (Å²) in [6.07, 6.45) is 1.87. The molecule has 0 aliphatic rings. The van der Waals surface area contributed by atoms with Gasteiger partial charge >= 0.3 is 0 Å². The predicted octanol–water partition coefficient (Wildman–Crippen LogP) is 12.0. The summed E-state index contributed by atoms with van der Waals surface area (Å²) in [7, 11) is 0. The number of fused-ring (bicyclic) bond motifs is 5. The van der Waals surface area contributed by atoms with Crippen LogP contribution in [0.1, 0.15) is 47.1 Å². The van der Waals surface area contributed by atoms with Crippen molar-refractivity contribution in [2.75, 3.05) is 0 Å². The normalized spacial score (nSPS) is 14.0. The van der Waals surface area contributed by atoms with Crippen LogP contribution in [0.4, 0.5) is 0 Å². The molecule has 5 aromatic carbocycles. The van der Waals surface area contributed by atoms with Gasteiger partial charge in [0.1, 0.15) is 5.58 Å². The van der Waals surface area contributed by atoms with E-state index in [9.17, 15) is 0 Å². The van der Waals surface area contributed by atoms with Crippen LogP contribution in [0.2, 0.25) is 0 Å². The average Bonchev–Trinajstić information content (AvgIpc) is 3.56. The summed E-state index contributed by atoms with van der Waals surface area (Å²) in [5.74, 6) is 0. The molecule has 49 heavy (non-hydrogen) atoms. The number of benzene rings is 5. The summed E-state index contributed by atoms with van der Waals surface area (Å²) in [6, 6.07) is 42.5. The smallest absolute Gasteiger partial charge is 0.121 e. The fourth-order valence-electron chi connectivity index (χ4n) is 5.72. The minimum absolute atomic E-state index is 0. The van der Waals surface area contributed by atoms with Crippen LogP contribution >= 0.6 is 0 Å². The second-order valence-corrected chi connectivity index (χ2v) is 12.7. The minimum atomic E-state index is -2.13. The monoisotopic (exact) mass is 822 g/mol. The van der Waals surface area contributed by atoms with E-state index in [4.69, 9.17) is 14.0 Å². The molecule has 3 nitrogen and oxygen atoms in total. The Morgan fingerprint density at radius 2 is 1.53 bits per heavy atom. The number of furan rings is 1. The zero-order chi connectivity index (χ0) is 39.1. The van der Waals surface area contributed by atoms with Gasteiger partial charge in [0, 0.05) is 47.5 Å². The molecule has 3 heterocycles. The predicted molar refractivity (Wildman–Crippen MR) is 200 cm³/mol. The SMILES string of the molecule is [2H]C([2H])(c1ccc(-c2ccnc(-c3[c-]cc4oc5ccc6ccccc6c5c4c3)c2)cc1)C(C)(C)C.[2H]C([2H])c1ccc(-c2[c-]cc(C([2H])([2H])[2H])cc2)nc1.[Ir]. The van der Waals surface area contributed by atoms with Gasteiger partial charge in [-0.15, -0.1) is 59.2 Å². The minimum Gasteiger partial charge on any atom is -0.500 e. The summed E-state index contributed by atoms with van der Waals surface area (Å²) in [5.41, 5.74) is 7.74. The molecule has 3 aromatic heterocycles. The first kappa shape index (κ1) is 26.0. The van der Waals surface area contributed by atoms with E-state index < -0.39 is 25.5 Å². The molecule has 1 radical (unpaired) electrons. The standard InChI is InChI=1S/C32H26NO.C13H12N.Ir/c1-32(2,3)20-21-8-10-22(11-9-21)24-16-17-33-28(19-24)25-13-14-29-27(18-25)31-26-7-5-4-6-23(26)12-15-30(31)34-29;1-10-3-6-12(7-4-10)13-8-5-11(2)9-14-13;/h4-12,14-19H,20H2,1-3H3;3-6,8-9H,1-2H3;/q2*-1;/i20D2;1D3,2D2;. The van der Waals surface area contributed by atoms with Gasteiger partial charge in [0.25, 0.3) is 0 Å². The summed E-state index contributed by atoms with van der Waals surface area (Å²) in [5, 5.41) is 4.51. The number of aromatic nitrogens is 2. The van der Waals surface area contributed by atoms with Crippen LogP contribution in [0.5, 0.6) is 0 Å². The van der Waals surface area contributed by atoms with Crippen molar-refractivity contribution in [1.29, 1.82) is 0 Å². The summed E-state index contributed by atoms with van der Waals surface area (Å²) < 4.78 is 59.5. The van der Waals surface area contributed by atoms with Crippen LogP contribution < -0.4 is 0 Å². The summed E-state index contributed by atoms with van der Waals surface area (Å²) in [4.78, 5) is 8.79. The third kappa shape index (κ3) is 7.73. The van der Waals surface area contributed by atoms with Crippen molar-refractivity contribution in [1.82, 2.24) is 9.97 Å². The number of rotatable bonds is 4. The summed E-state index contributed by atoms with van der Waals surface area (Å²) in [6.45, 7) is 2.60. The number of hydrogen-bond donors (Lipinski definition) is 0. The van der Waals surface area contributed by atoms with Crippen LogP contribution in [0.3, 0.4) is 0 Å². The van der Waals surface area contributed by atoms with Gasteiger partial charge in [-0.2, -0.15) is 0 Å². The molecule has 8 rings (SSSR count). The van der Waals surface area contributed by atoms with Crippen molar-refractivity contribution in [2.24, 2.45) is 5.41 Å². The van der Waals surface area contributed by atoms with E-state index in [1.54, 1.807) is 18.2 Å². The maximum Gasteiger partial charge on any atom is 0.121 e. The molecular formula is C45H38IrN2O-2. The first-order valence-corrected chi connectivity index (χ1v) is 15.8. The first-order chi connectivity index (χ1) is 26.1. The number of nitrogens with zero attached hydrogens (tertiary/aromatic N) is 2. The van der Waals surface area contributed by atoms with Crippen LogP contribution in [0.25, 0.3) is 66.4 Å². The van der Waals surface area contributed by atoms with Crippen molar-refractivity contribution in [3.05, 3.63) is 156 Å². The molecule has 8 aromatic rings. The average molecular weight is 822 g/mol. The van der Waals surface area contributed by atoms with Gasteiger partial charge in [-0.3, -0.25) is 0 Å². The largest absolute Gasteiger partial charge is 0.500 e. The second-order valence-electron chi connectivity index (χ2n) is 12.7. The van der Waals surface area contributed by atoms with E-state index in [0.717, 1.165) is 44.3 Å². The van der Waals surface area contributed by atoms with Crippen molar-refractivity contribution < 1.29 is 34.1 Å². The molecule has 0 bridgehead atoms. The fourth-order valence-corrected chi connectivity index (χ4v) is 5.72. The quantitative estimate of drug-likeness (QED) is 0.166. The van der Waals surface area contributed by atoms with Crippen LogP contribution in [-0.4, -0.2) is 9.97 Å². The van der Waals surface area contributed by atoms with E-state index in [2.05, 4.69) is 64.6 Å². The van der Waals surface area contributed by atoms with E-state index in [0.29, 0.717) is 22.4 Å². The molecule has 0 amide bonds. The molecule has 0 N–H and O–H groups in total. The van der Waals surface area contributed by atoms with E-state index in [1.165, 1.54) is 29.1 Å². The Bertz CT molecular complexity index is 2610. The molecule has 0 saturated heterocycles. The fraction of sp³-hybridized carbons (Fsp3) is 0.156. The molecule has 0 saturated carbocycles. The Morgan fingerprint density at radius 3 is 2.27 bits per heavy atom. The van der Waals surface area contributed by atoms with Gasteiger partial charge in [0.2, 0.25) is 0 Å². The Labute approximate surface area is 312 Å².